The van der Waals surface area contributed by atoms with E-state index in [0.717, 1.165) is 30.7 Å². The Kier molecular flexibility index (Phi) is 3.57. The first-order valence-corrected chi connectivity index (χ1v) is 6.21. The van der Waals surface area contributed by atoms with Crippen molar-refractivity contribution in [1.29, 1.82) is 0 Å². The van der Waals surface area contributed by atoms with Gasteiger partial charge >= 0.3 is 0 Å². The Bertz CT molecular complexity index is 401. The molecule has 3 heteroatoms. The van der Waals surface area contributed by atoms with Gasteiger partial charge in [0.2, 0.25) is 0 Å². The van der Waals surface area contributed by atoms with E-state index in [9.17, 15) is 5.11 Å². The van der Waals surface area contributed by atoms with E-state index in [0.29, 0.717) is 6.42 Å². The van der Waals surface area contributed by atoms with Crippen molar-refractivity contribution in [3.8, 4) is 5.75 Å². The Morgan fingerprint density at radius 1 is 1.47 bits per heavy atom. The molecule has 1 aliphatic heterocycles. The molecule has 0 saturated heterocycles. The van der Waals surface area contributed by atoms with Gasteiger partial charge in [-0.1, -0.05) is 6.07 Å². The van der Waals surface area contributed by atoms with Gasteiger partial charge in [-0.15, -0.1) is 0 Å². The van der Waals surface area contributed by atoms with Crippen LogP contribution in [0.5, 0.6) is 5.75 Å². The average molecular weight is 235 g/mol. The summed E-state index contributed by atoms with van der Waals surface area (Å²) < 4.78 is 5.56. The lowest BCUT2D eigenvalue weighted by molar-refractivity contribution is 0.194. The van der Waals surface area contributed by atoms with Gasteiger partial charge in [0.1, 0.15) is 5.75 Å². The van der Waals surface area contributed by atoms with Gasteiger partial charge in [0.05, 0.1) is 13.2 Å². The molecule has 94 valence electrons. The third-order valence-electron chi connectivity index (χ3n) is 3.37. The van der Waals surface area contributed by atoms with Gasteiger partial charge in [0.25, 0.3) is 0 Å². The maximum atomic E-state index is 9.52. The molecule has 0 aromatic heterocycles. The SMILES string of the molecule is COc1c(CC(C)O)ccc2c1CCCN2C. The van der Waals surface area contributed by atoms with Crippen molar-refractivity contribution in [2.45, 2.75) is 32.3 Å². The maximum absolute atomic E-state index is 9.52. The number of fused-ring (bicyclic) bond motifs is 1. The lowest BCUT2D eigenvalue weighted by Crippen LogP contribution is -2.25. The van der Waals surface area contributed by atoms with E-state index in [1.54, 1.807) is 7.11 Å². The minimum atomic E-state index is -0.330. The predicted octanol–water partition coefficient (Wildman–Crippen LogP) is 2.00. The van der Waals surface area contributed by atoms with Gasteiger partial charge < -0.3 is 14.7 Å². The second-order valence-corrected chi connectivity index (χ2v) is 4.83. The van der Waals surface area contributed by atoms with E-state index in [-0.39, 0.29) is 6.10 Å². The molecule has 0 saturated carbocycles. The molecule has 1 aromatic rings. The molecule has 1 unspecified atom stereocenters. The fourth-order valence-electron chi connectivity index (χ4n) is 2.61. The molecule has 0 spiro atoms. The Morgan fingerprint density at radius 2 is 2.24 bits per heavy atom. The van der Waals surface area contributed by atoms with Crippen LogP contribution >= 0.6 is 0 Å². The molecule has 17 heavy (non-hydrogen) atoms. The van der Waals surface area contributed by atoms with E-state index in [1.807, 2.05) is 6.92 Å². The van der Waals surface area contributed by atoms with E-state index in [1.165, 1.54) is 11.3 Å². The van der Waals surface area contributed by atoms with E-state index in [2.05, 4.69) is 24.1 Å². The van der Waals surface area contributed by atoms with Crippen LogP contribution in [0.3, 0.4) is 0 Å². The first-order valence-electron chi connectivity index (χ1n) is 6.21. The third kappa shape index (κ3) is 2.39. The Hall–Kier alpha value is -1.22. The number of nitrogens with zero attached hydrogens (tertiary/aromatic N) is 1. The van der Waals surface area contributed by atoms with Crippen LogP contribution in [0.15, 0.2) is 12.1 Å². The minimum absolute atomic E-state index is 0.330. The van der Waals surface area contributed by atoms with Crippen molar-refractivity contribution in [2.75, 3.05) is 25.6 Å². The zero-order chi connectivity index (χ0) is 12.4. The summed E-state index contributed by atoms with van der Waals surface area (Å²) in [5.41, 5.74) is 3.67. The van der Waals surface area contributed by atoms with Crippen LogP contribution in [0.1, 0.15) is 24.5 Å². The van der Waals surface area contributed by atoms with Gasteiger partial charge in [0.15, 0.2) is 0 Å². The van der Waals surface area contributed by atoms with E-state index in [4.69, 9.17) is 4.74 Å². The molecular weight excluding hydrogens is 214 g/mol. The van der Waals surface area contributed by atoms with Gasteiger partial charge in [-0.25, -0.2) is 0 Å². The molecule has 1 aliphatic rings. The Morgan fingerprint density at radius 3 is 2.88 bits per heavy atom. The zero-order valence-corrected chi connectivity index (χ0v) is 10.9. The summed E-state index contributed by atoms with van der Waals surface area (Å²) in [7, 11) is 3.83. The number of hydrogen-bond donors (Lipinski definition) is 1. The molecule has 0 radical (unpaired) electrons. The number of anilines is 1. The number of aliphatic hydroxyl groups is 1. The van der Waals surface area contributed by atoms with Crippen LogP contribution in [-0.4, -0.2) is 31.9 Å². The number of methoxy groups -OCH3 is 1. The van der Waals surface area contributed by atoms with Crippen LogP contribution < -0.4 is 9.64 Å². The van der Waals surface area contributed by atoms with Crippen LogP contribution in [-0.2, 0) is 12.8 Å². The topological polar surface area (TPSA) is 32.7 Å². The number of hydrogen-bond acceptors (Lipinski definition) is 3. The molecule has 0 fully saturated rings. The second kappa shape index (κ2) is 4.96. The summed E-state index contributed by atoms with van der Waals surface area (Å²) in [6, 6.07) is 4.22. The maximum Gasteiger partial charge on any atom is 0.127 e. The highest BCUT2D eigenvalue weighted by atomic mass is 16.5. The van der Waals surface area contributed by atoms with Crippen molar-refractivity contribution in [2.24, 2.45) is 0 Å². The highest BCUT2D eigenvalue weighted by molar-refractivity contribution is 5.63. The van der Waals surface area contributed by atoms with Gasteiger partial charge in [-0.05, 0) is 31.4 Å². The number of benzene rings is 1. The molecule has 1 atom stereocenters. The summed E-state index contributed by atoms with van der Waals surface area (Å²) in [6.45, 7) is 2.91. The quantitative estimate of drug-likeness (QED) is 0.870. The monoisotopic (exact) mass is 235 g/mol. The molecule has 1 aromatic carbocycles. The molecular formula is C14H21NO2. The number of rotatable bonds is 3. The average Bonchev–Trinajstić information content (AvgIpc) is 2.28. The van der Waals surface area contributed by atoms with Crippen molar-refractivity contribution in [3.05, 3.63) is 23.3 Å². The zero-order valence-electron chi connectivity index (χ0n) is 10.9. The predicted molar refractivity (Wildman–Crippen MR) is 70.0 cm³/mol. The highest BCUT2D eigenvalue weighted by Gasteiger charge is 2.20. The minimum Gasteiger partial charge on any atom is -0.496 e. The third-order valence-corrected chi connectivity index (χ3v) is 3.37. The fourth-order valence-corrected chi connectivity index (χ4v) is 2.61. The molecule has 3 nitrogen and oxygen atoms in total. The summed E-state index contributed by atoms with van der Waals surface area (Å²) in [6.07, 6.45) is 2.55. The number of aliphatic hydroxyl groups excluding tert-OH is 1. The lowest BCUT2D eigenvalue weighted by Gasteiger charge is -2.29. The fraction of sp³-hybridized carbons (Fsp3) is 0.571. The Labute approximate surface area is 103 Å². The summed E-state index contributed by atoms with van der Waals surface area (Å²) in [4.78, 5) is 2.27. The highest BCUT2D eigenvalue weighted by Crippen LogP contribution is 2.36. The van der Waals surface area contributed by atoms with Crippen molar-refractivity contribution >= 4 is 5.69 Å². The van der Waals surface area contributed by atoms with Gasteiger partial charge in [-0.3, -0.25) is 0 Å². The molecule has 1 N–H and O–H groups in total. The molecule has 2 rings (SSSR count). The summed E-state index contributed by atoms with van der Waals surface area (Å²) >= 11 is 0. The summed E-state index contributed by atoms with van der Waals surface area (Å²) in [5.74, 6) is 0.968. The van der Waals surface area contributed by atoms with Crippen LogP contribution in [0.25, 0.3) is 0 Å². The van der Waals surface area contributed by atoms with Crippen molar-refractivity contribution < 1.29 is 9.84 Å². The van der Waals surface area contributed by atoms with Gasteiger partial charge in [-0.2, -0.15) is 0 Å². The second-order valence-electron chi connectivity index (χ2n) is 4.83. The molecule has 0 aliphatic carbocycles. The summed E-state index contributed by atoms with van der Waals surface area (Å²) in [5, 5.41) is 9.52. The van der Waals surface area contributed by atoms with Crippen LogP contribution in [0.2, 0.25) is 0 Å². The molecule has 0 bridgehead atoms. The first-order chi connectivity index (χ1) is 8.13. The van der Waals surface area contributed by atoms with Crippen molar-refractivity contribution in [1.82, 2.24) is 0 Å². The Balaban J connectivity index is 2.44. The smallest absolute Gasteiger partial charge is 0.127 e. The van der Waals surface area contributed by atoms with Crippen molar-refractivity contribution in [3.63, 3.8) is 0 Å². The van der Waals surface area contributed by atoms with Crippen LogP contribution in [0, 0.1) is 0 Å². The van der Waals surface area contributed by atoms with Crippen LogP contribution in [0.4, 0.5) is 5.69 Å². The number of ether oxygens (including phenoxy) is 1. The molecule has 0 amide bonds. The standard InChI is InChI=1S/C14H21NO2/c1-10(16)9-11-6-7-13-12(14(11)17-3)5-4-8-15(13)2/h6-7,10,16H,4-5,8-9H2,1-3H3. The van der Waals surface area contributed by atoms with E-state index >= 15 is 0 Å². The lowest BCUT2D eigenvalue weighted by atomic mass is 9.96. The molecule has 1 heterocycles. The van der Waals surface area contributed by atoms with E-state index < -0.39 is 0 Å². The normalized spacial score (nSPS) is 16.6. The first kappa shape index (κ1) is 12.2. The largest absolute Gasteiger partial charge is 0.496 e. The van der Waals surface area contributed by atoms with Gasteiger partial charge in [0, 0.05) is 31.3 Å².